The highest BCUT2D eigenvalue weighted by atomic mass is 16.8. The molecule has 8 rings (SSSR count). The summed E-state index contributed by atoms with van der Waals surface area (Å²) >= 11 is 0. The largest absolute Gasteiger partial charge is 0.508 e. The van der Waals surface area contributed by atoms with Crippen molar-refractivity contribution in [3.05, 3.63) is 96.1 Å². The molecule has 0 bridgehead atoms. The molecule has 14 N–H and O–H groups in total. The first-order valence-electron chi connectivity index (χ1n) is 23.1. The number of aromatic hydroxyl groups is 5. The van der Waals surface area contributed by atoms with Crippen molar-refractivity contribution in [2.45, 2.75) is 92.1 Å². The second-order valence-electron chi connectivity index (χ2n) is 17.6. The minimum Gasteiger partial charge on any atom is -0.508 e. The third kappa shape index (κ3) is 11.9. The summed E-state index contributed by atoms with van der Waals surface area (Å²) in [5.41, 5.74) is 0.168. The van der Waals surface area contributed by atoms with Gasteiger partial charge < -0.3 is 114 Å². The van der Waals surface area contributed by atoms with E-state index in [1.807, 2.05) is 0 Å². The SMILES string of the molecule is COc1cc(-c2[o+]c3cc(O)cc(O[C@@H]4O[C@H](CO)[C@@H](O)[C@H](O)[C@H]4O)c3cc2O[C@H]2O[C@H](COC(=O)C=Cc3ccc(O)c(O)c3)[C@@H](O)[C@H](O)[C@H]2O[C@@H]2O[C@H](COC(=O)c3ccc(O)cc3)[C@@H](O)[C@H](O)[C@H]2O)ccc1O. The average Bonchev–Trinajstić information content (AvgIpc) is 3.42. The fraction of sp³-hybridized carbons (Fsp3) is 0.380. The maximum Gasteiger partial charge on any atom is 0.402 e. The summed E-state index contributed by atoms with van der Waals surface area (Å²) in [5, 5.41) is 149. The maximum atomic E-state index is 13.0. The van der Waals surface area contributed by atoms with Crippen LogP contribution in [0, 0.1) is 0 Å². The highest BCUT2D eigenvalue weighted by Gasteiger charge is 2.53. The molecule has 0 amide bonds. The lowest BCUT2D eigenvalue weighted by molar-refractivity contribution is -0.357. The molecule has 26 heteroatoms. The summed E-state index contributed by atoms with van der Waals surface area (Å²) in [4.78, 5) is 25.8. The van der Waals surface area contributed by atoms with Crippen molar-refractivity contribution in [2.24, 2.45) is 0 Å². The number of rotatable bonds is 16. The fourth-order valence-corrected chi connectivity index (χ4v) is 8.25. The van der Waals surface area contributed by atoms with Gasteiger partial charge in [0.2, 0.25) is 18.3 Å². The summed E-state index contributed by atoms with van der Waals surface area (Å²) in [5.74, 6) is -4.87. The average molecular weight is 1070 g/mol. The lowest BCUT2D eigenvalue weighted by atomic mass is 9.97. The molecular formula is C50H53O26+. The topological polar surface area (TPSA) is 412 Å². The van der Waals surface area contributed by atoms with E-state index >= 15 is 0 Å². The number of benzene rings is 4. The Labute approximate surface area is 428 Å². The lowest BCUT2D eigenvalue weighted by Crippen LogP contribution is -2.65. The zero-order valence-electron chi connectivity index (χ0n) is 39.6. The van der Waals surface area contributed by atoms with Gasteiger partial charge in [-0.2, -0.15) is 0 Å². The van der Waals surface area contributed by atoms with Gasteiger partial charge in [0, 0.05) is 24.3 Å². The first-order chi connectivity index (χ1) is 36.2. The molecule has 4 aromatic carbocycles. The Balaban J connectivity index is 1.16. The molecule has 3 aliphatic heterocycles. The second-order valence-corrected chi connectivity index (χ2v) is 17.6. The zero-order chi connectivity index (χ0) is 54.7. The molecule has 0 radical (unpaired) electrons. The van der Waals surface area contributed by atoms with Crippen LogP contribution in [0.1, 0.15) is 15.9 Å². The number of carbonyl (C=O) groups excluding carboxylic acids is 2. The Hall–Kier alpha value is -7.15. The summed E-state index contributed by atoms with van der Waals surface area (Å²) < 4.78 is 58.1. The Morgan fingerprint density at radius 3 is 1.88 bits per heavy atom. The van der Waals surface area contributed by atoms with Crippen molar-refractivity contribution < 1.29 is 128 Å². The van der Waals surface area contributed by atoms with E-state index in [-0.39, 0.29) is 62.2 Å². The number of phenolic OH excluding ortho intramolecular Hbond substituents is 5. The molecule has 5 aromatic rings. The predicted molar refractivity (Wildman–Crippen MR) is 251 cm³/mol. The number of esters is 2. The van der Waals surface area contributed by atoms with E-state index in [1.165, 1.54) is 73.8 Å². The summed E-state index contributed by atoms with van der Waals surface area (Å²) in [6, 6.07) is 15.9. The van der Waals surface area contributed by atoms with Crippen LogP contribution in [-0.2, 0) is 33.2 Å². The van der Waals surface area contributed by atoms with Crippen molar-refractivity contribution in [1.29, 1.82) is 0 Å². The molecule has 76 heavy (non-hydrogen) atoms. The molecule has 4 heterocycles. The molecular weight excluding hydrogens is 1020 g/mol. The zero-order valence-corrected chi connectivity index (χ0v) is 39.6. The number of methoxy groups -OCH3 is 1. The van der Waals surface area contributed by atoms with Crippen LogP contribution in [0.4, 0.5) is 0 Å². The molecule has 15 atom stereocenters. The maximum absolute atomic E-state index is 13.0. The van der Waals surface area contributed by atoms with Gasteiger partial charge in [-0.1, -0.05) is 6.07 Å². The van der Waals surface area contributed by atoms with Gasteiger partial charge in [-0.05, 0) is 60.2 Å². The molecule has 0 unspecified atom stereocenters. The fourth-order valence-electron chi connectivity index (χ4n) is 8.25. The molecule has 3 saturated heterocycles. The minimum absolute atomic E-state index is 0.0169. The Kier molecular flexibility index (Phi) is 17.0. The van der Waals surface area contributed by atoms with Crippen LogP contribution >= 0.6 is 0 Å². The number of hydrogen-bond acceptors (Lipinski definition) is 25. The highest BCUT2D eigenvalue weighted by Crippen LogP contribution is 2.44. The molecule has 0 saturated carbocycles. The van der Waals surface area contributed by atoms with Crippen LogP contribution in [0.15, 0.2) is 89.4 Å². The van der Waals surface area contributed by atoms with E-state index in [9.17, 15) is 81.1 Å². The first kappa shape index (κ1) is 55.1. The number of hydrogen-bond donors (Lipinski definition) is 14. The van der Waals surface area contributed by atoms with Crippen LogP contribution in [0.5, 0.6) is 46.0 Å². The molecule has 0 aliphatic carbocycles. The molecule has 0 spiro atoms. The van der Waals surface area contributed by atoms with Crippen molar-refractivity contribution >= 4 is 29.0 Å². The normalized spacial score (nSPS) is 29.7. The standard InChI is InChI=1S/C50H52O26/c1-67-31-13-22(6-10-27(31)55)45-32(16-25-29(70-45)14-24(53)15-30(25)71-48-43(64)40(61)37(58)33(17-51)73-48)72-50-46(42(63)39(60)34(75-50)18-68-36(57)11-3-20-2-9-26(54)28(56)12-20)76-49-44(65)41(62)38(59)35(74-49)19-69-47(66)21-4-7-23(52)8-5-21/h2-16,33-35,37-44,46,48-51,58-65H,17-19H2,1H3,(H4-,52,53,54,55,56,57,66)/p+1/t33-,34-,35-,37-,38-,39-,40+,41+,42+,43-,44-,46-,48-,49+,50+/m1/s1. The predicted octanol–water partition coefficient (Wildman–Crippen LogP) is -0.772. The van der Waals surface area contributed by atoms with Gasteiger partial charge >= 0.3 is 23.3 Å². The van der Waals surface area contributed by atoms with Crippen LogP contribution in [0.3, 0.4) is 0 Å². The van der Waals surface area contributed by atoms with E-state index in [1.54, 1.807) is 0 Å². The van der Waals surface area contributed by atoms with Gasteiger partial charge in [0.25, 0.3) is 0 Å². The third-order valence-electron chi connectivity index (χ3n) is 12.5. The molecule has 26 nitrogen and oxygen atoms in total. The highest BCUT2D eigenvalue weighted by molar-refractivity contribution is 5.90. The third-order valence-corrected chi connectivity index (χ3v) is 12.5. The van der Waals surface area contributed by atoms with Crippen LogP contribution in [-0.4, -0.2) is 202 Å². The van der Waals surface area contributed by atoms with E-state index in [0.29, 0.717) is 0 Å². The van der Waals surface area contributed by atoms with Gasteiger partial charge in [0.1, 0.15) is 103 Å². The van der Waals surface area contributed by atoms with E-state index in [0.717, 1.165) is 24.3 Å². The number of fused-ring (bicyclic) bond motifs is 1. The van der Waals surface area contributed by atoms with Crippen LogP contribution < -0.4 is 14.2 Å². The van der Waals surface area contributed by atoms with E-state index in [2.05, 4.69) is 0 Å². The van der Waals surface area contributed by atoms with Crippen molar-refractivity contribution in [2.75, 3.05) is 26.9 Å². The summed E-state index contributed by atoms with van der Waals surface area (Å²) in [7, 11) is 1.25. The van der Waals surface area contributed by atoms with Gasteiger partial charge in [0.15, 0.2) is 35.4 Å². The smallest absolute Gasteiger partial charge is 0.402 e. The monoisotopic (exact) mass is 1070 g/mol. The number of ether oxygens (including phenoxy) is 9. The van der Waals surface area contributed by atoms with Crippen molar-refractivity contribution in [3.8, 4) is 57.3 Å². The van der Waals surface area contributed by atoms with Gasteiger partial charge in [-0.25, -0.2) is 14.0 Å². The second kappa shape index (κ2) is 23.4. The lowest BCUT2D eigenvalue weighted by Gasteiger charge is -2.45. The summed E-state index contributed by atoms with van der Waals surface area (Å²) in [6.07, 6.45) is -26.4. The number of aliphatic hydroxyl groups is 9. The minimum atomic E-state index is -2.15. The van der Waals surface area contributed by atoms with E-state index < -0.39 is 141 Å². The van der Waals surface area contributed by atoms with Gasteiger partial charge in [-0.3, -0.25) is 0 Å². The number of phenols is 5. The Morgan fingerprint density at radius 2 is 1.20 bits per heavy atom. The quantitative estimate of drug-likeness (QED) is 0.0250. The number of aliphatic hydroxyl groups excluding tert-OH is 9. The molecule has 3 aliphatic rings. The van der Waals surface area contributed by atoms with Crippen molar-refractivity contribution in [3.63, 3.8) is 0 Å². The Morgan fingerprint density at radius 1 is 0.579 bits per heavy atom. The van der Waals surface area contributed by atoms with Crippen molar-refractivity contribution in [1.82, 2.24) is 0 Å². The first-order valence-corrected chi connectivity index (χ1v) is 23.1. The van der Waals surface area contributed by atoms with Crippen LogP contribution in [0.2, 0.25) is 0 Å². The van der Waals surface area contributed by atoms with Gasteiger partial charge in [0.05, 0.1) is 30.9 Å². The summed E-state index contributed by atoms with van der Waals surface area (Å²) in [6.45, 7) is -2.38. The molecule has 3 fully saturated rings. The van der Waals surface area contributed by atoms with Crippen LogP contribution in [0.25, 0.3) is 28.4 Å². The molecule has 408 valence electrons. The van der Waals surface area contributed by atoms with Gasteiger partial charge in [-0.15, -0.1) is 0 Å². The number of carbonyl (C=O) groups is 2. The Bertz CT molecular complexity index is 2880. The molecule has 1 aromatic heterocycles. The van der Waals surface area contributed by atoms with E-state index in [4.69, 9.17) is 47.0 Å².